The summed E-state index contributed by atoms with van der Waals surface area (Å²) in [6.45, 7) is -3.56. The average molecular weight is 704 g/mol. The Hall–Kier alpha value is -3.88. The lowest BCUT2D eigenvalue weighted by Gasteiger charge is -2.21. The maximum atomic E-state index is 13.1. The molecule has 1 aliphatic carbocycles. The lowest BCUT2D eigenvalue weighted by atomic mass is 10.0. The largest absolute Gasteiger partial charge is 0.495 e. The van der Waals surface area contributed by atoms with E-state index in [0.717, 1.165) is 19.1 Å². The number of nitrogens with one attached hydrogen (secondary N) is 1. The zero-order valence-corrected chi connectivity index (χ0v) is 27.0. The van der Waals surface area contributed by atoms with Crippen LogP contribution < -0.4 is 18.9 Å². The highest BCUT2D eigenvalue weighted by molar-refractivity contribution is 7.92. The van der Waals surface area contributed by atoms with Gasteiger partial charge in [0, 0.05) is 18.8 Å². The monoisotopic (exact) mass is 702 g/mol. The third kappa shape index (κ3) is 10.6. The molecule has 1 aliphatic rings. The van der Waals surface area contributed by atoms with Crippen LogP contribution in [0, 0.1) is 5.92 Å². The van der Waals surface area contributed by atoms with Gasteiger partial charge in [-0.3, -0.25) is 14.5 Å². The minimum atomic E-state index is -3.63. The topological polar surface area (TPSA) is 139 Å². The molecule has 1 saturated carbocycles. The van der Waals surface area contributed by atoms with Crippen molar-refractivity contribution in [1.82, 2.24) is 4.98 Å². The number of pyridine rings is 1. The van der Waals surface area contributed by atoms with Crippen molar-refractivity contribution in [2.45, 2.75) is 38.4 Å². The van der Waals surface area contributed by atoms with Crippen LogP contribution in [0.2, 0.25) is 10.0 Å². The van der Waals surface area contributed by atoms with Gasteiger partial charge in [-0.1, -0.05) is 35.3 Å². The Bertz CT molecular complexity index is 1650. The fraction of sp³-hybridized carbons (Fsp3) is 0.367. The van der Waals surface area contributed by atoms with E-state index >= 15 is 0 Å². The number of ether oxygens (including phenoxy) is 5. The number of anilines is 1. The summed E-state index contributed by atoms with van der Waals surface area (Å²) in [6.07, 6.45) is 4.20. The van der Waals surface area contributed by atoms with E-state index in [1.807, 2.05) is 0 Å². The number of nitrogens with zero attached hydrogens (tertiary/aromatic N) is 1. The molecule has 16 heteroatoms. The predicted octanol–water partition coefficient (Wildman–Crippen LogP) is 5.77. The number of carbonyl (C=O) groups excluding carboxylic acids is 2. The number of sulfonamides is 1. The van der Waals surface area contributed by atoms with Crippen LogP contribution in [0.1, 0.15) is 35.6 Å². The van der Waals surface area contributed by atoms with Crippen LogP contribution in [-0.2, 0) is 41.9 Å². The maximum Gasteiger partial charge on any atom is 0.387 e. The van der Waals surface area contributed by atoms with E-state index in [9.17, 15) is 26.8 Å². The second-order valence-electron chi connectivity index (χ2n) is 10.3. The van der Waals surface area contributed by atoms with Crippen molar-refractivity contribution in [3.8, 4) is 17.2 Å². The first kappa shape index (κ1) is 35.0. The van der Waals surface area contributed by atoms with Crippen LogP contribution >= 0.6 is 23.2 Å². The highest BCUT2D eigenvalue weighted by Gasteiger charge is 2.26. The van der Waals surface area contributed by atoms with Crippen molar-refractivity contribution in [1.29, 1.82) is 0 Å². The van der Waals surface area contributed by atoms with E-state index in [0.29, 0.717) is 29.2 Å². The van der Waals surface area contributed by atoms with Crippen molar-refractivity contribution in [3.63, 3.8) is 0 Å². The molecule has 1 N–H and O–H groups in total. The fourth-order valence-corrected chi connectivity index (χ4v) is 5.34. The van der Waals surface area contributed by atoms with E-state index in [4.69, 9.17) is 42.1 Å². The first-order valence-electron chi connectivity index (χ1n) is 13.8. The minimum Gasteiger partial charge on any atom is -0.495 e. The smallest absolute Gasteiger partial charge is 0.387 e. The summed E-state index contributed by atoms with van der Waals surface area (Å²) in [7, 11) is -2.27. The van der Waals surface area contributed by atoms with Gasteiger partial charge in [-0.25, -0.2) is 13.2 Å². The van der Waals surface area contributed by atoms with Crippen LogP contribution in [0.25, 0.3) is 0 Å². The second kappa shape index (κ2) is 15.6. The van der Waals surface area contributed by atoms with Crippen LogP contribution in [0.3, 0.4) is 0 Å². The van der Waals surface area contributed by atoms with Gasteiger partial charge < -0.3 is 23.7 Å². The molecule has 1 unspecified atom stereocenters. The van der Waals surface area contributed by atoms with Gasteiger partial charge in [0.25, 0.3) is 0 Å². The summed E-state index contributed by atoms with van der Waals surface area (Å²) < 4.78 is 78.2. The molecule has 0 bridgehead atoms. The summed E-state index contributed by atoms with van der Waals surface area (Å²) in [5.74, 6) is -1.33. The van der Waals surface area contributed by atoms with Gasteiger partial charge in [0.2, 0.25) is 10.0 Å². The molecular weight excluding hydrogens is 673 g/mol. The Morgan fingerprint density at radius 2 is 1.72 bits per heavy atom. The van der Waals surface area contributed by atoms with E-state index in [1.165, 1.54) is 55.9 Å². The van der Waals surface area contributed by atoms with Gasteiger partial charge in [-0.2, -0.15) is 8.78 Å². The zero-order chi connectivity index (χ0) is 33.4. The summed E-state index contributed by atoms with van der Waals surface area (Å²) in [6, 6.07) is 8.56. The molecule has 0 aliphatic heterocycles. The Labute approximate surface area is 274 Å². The number of methoxy groups -OCH3 is 1. The van der Waals surface area contributed by atoms with Gasteiger partial charge >= 0.3 is 18.6 Å². The standard InChI is InChI=1S/C30H30Cl2F2N2O9S/c1-41-24-7-5-18(9-23(24)36-46(2,39)40)10-28(37)43-16-29(38)44-26(12-20-21(31)13-35-14-22(20)32)19-6-8-25(45-30(33)34)27(11-19)42-15-17-3-4-17/h5-9,11,13-14,17,26,30,36H,3-4,10,12,15-16H2,1-2H3. The van der Waals surface area contributed by atoms with Gasteiger partial charge in [0.05, 0.1) is 42.1 Å². The molecule has 2 aromatic carbocycles. The highest BCUT2D eigenvalue weighted by atomic mass is 35.5. The quantitative estimate of drug-likeness (QED) is 0.183. The molecule has 1 fully saturated rings. The molecule has 0 radical (unpaired) electrons. The number of aromatic nitrogens is 1. The first-order valence-corrected chi connectivity index (χ1v) is 16.4. The molecule has 0 spiro atoms. The molecule has 4 rings (SSSR count). The number of carbonyl (C=O) groups is 2. The molecule has 0 amide bonds. The normalized spacial score (nSPS) is 13.5. The molecule has 0 saturated heterocycles. The molecule has 1 atom stereocenters. The summed E-state index contributed by atoms with van der Waals surface area (Å²) >= 11 is 12.6. The minimum absolute atomic E-state index is 0.0355. The van der Waals surface area contributed by atoms with Gasteiger partial charge in [0.1, 0.15) is 11.9 Å². The van der Waals surface area contributed by atoms with E-state index in [2.05, 4.69) is 14.4 Å². The fourth-order valence-electron chi connectivity index (χ4n) is 4.26. The van der Waals surface area contributed by atoms with Crippen molar-refractivity contribution in [3.05, 3.63) is 75.5 Å². The van der Waals surface area contributed by atoms with Crippen LogP contribution in [0.5, 0.6) is 17.2 Å². The molecule has 3 aromatic rings. The third-order valence-electron chi connectivity index (χ3n) is 6.60. The number of rotatable bonds is 16. The predicted molar refractivity (Wildman–Crippen MR) is 164 cm³/mol. The van der Waals surface area contributed by atoms with Gasteiger partial charge in [-0.15, -0.1) is 0 Å². The number of hydrogen-bond acceptors (Lipinski definition) is 10. The number of benzene rings is 2. The highest BCUT2D eigenvalue weighted by Crippen LogP contribution is 2.38. The first-order chi connectivity index (χ1) is 21.8. The van der Waals surface area contributed by atoms with Crippen molar-refractivity contribution in [2.75, 3.05) is 31.3 Å². The zero-order valence-electron chi connectivity index (χ0n) is 24.6. The van der Waals surface area contributed by atoms with E-state index < -0.39 is 41.3 Å². The molecule has 11 nitrogen and oxygen atoms in total. The number of halogens is 4. The number of hydrogen-bond donors (Lipinski definition) is 1. The van der Waals surface area contributed by atoms with Crippen LogP contribution in [-0.4, -0.2) is 58.5 Å². The van der Waals surface area contributed by atoms with Gasteiger partial charge in [-0.05, 0) is 59.7 Å². The Balaban J connectivity index is 1.49. The Kier molecular flexibility index (Phi) is 11.9. The lowest BCUT2D eigenvalue weighted by Crippen LogP contribution is -2.21. The Morgan fingerprint density at radius 3 is 2.35 bits per heavy atom. The number of esters is 2. The molecule has 1 aromatic heterocycles. The summed E-state index contributed by atoms with van der Waals surface area (Å²) in [5.41, 5.74) is 1.26. The molecule has 46 heavy (non-hydrogen) atoms. The van der Waals surface area contributed by atoms with E-state index in [-0.39, 0.29) is 45.8 Å². The molecular formula is C30H30Cl2F2N2O9S. The third-order valence-corrected chi connectivity index (χ3v) is 7.84. The second-order valence-corrected chi connectivity index (χ2v) is 12.9. The van der Waals surface area contributed by atoms with E-state index in [1.54, 1.807) is 0 Å². The van der Waals surface area contributed by atoms with Crippen molar-refractivity contribution >= 4 is 50.9 Å². The van der Waals surface area contributed by atoms with Crippen LogP contribution in [0.4, 0.5) is 14.5 Å². The maximum absolute atomic E-state index is 13.1. The summed E-state index contributed by atoms with van der Waals surface area (Å²) in [5, 5.41) is 0.402. The van der Waals surface area contributed by atoms with Crippen LogP contribution in [0.15, 0.2) is 48.8 Å². The lowest BCUT2D eigenvalue weighted by molar-refractivity contribution is -0.162. The molecule has 1 heterocycles. The van der Waals surface area contributed by atoms with Crippen molar-refractivity contribution in [2.24, 2.45) is 5.92 Å². The Morgan fingerprint density at radius 1 is 1.02 bits per heavy atom. The SMILES string of the molecule is COc1ccc(CC(=O)OCC(=O)OC(Cc2c(Cl)cncc2Cl)c2ccc(OC(F)F)c(OCC3CC3)c2)cc1NS(C)(=O)=O. The average Bonchev–Trinajstić information content (AvgIpc) is 3.81. The number of alkyl halides is 2. The van der Waals surface area contributed by atoms with Gasteiger partial charge in [0.15, 0.2) is 18.1 Å². The summed E-state index contributed by atoms with van der Waals surface area (Å²) in [4.78, 5) is 29.4. The van der Waals surface area contributed by atoms with Crippen molar-refractivity contribution < 1.29 is 50.5 Å². The molecule has 248 valence electrons.